The predicted molar refractivity (Wildman–Crippen MR) is 377 cm³/mol. The molecule has 0 saturated heterocycles. The van der Waals surface area contributed by atoms with Gasteiger partial charge in [-0.05, 0) is 74.3 Å². The maximum absolute atomic E-state index is 5.31. The lowest BCUT2D eigenvalue weighted by atomic mass is 9.83. The molecule has 13 aromatic carbocycles. The first-order chi connectivity index (χ1) is 45.1. The van der Waals surface area contributed by atoms with Crippen LogP contribution in [0.3, 0.4) is 0 Å². The van der Waals surface area contributed by atoms with Crippen molar-refractivity contribution in [2.45, 2.75) is 0 Å². The van der Waals surface area contributed by atoms with Crippen molar-refractivity contribution in [1.29, 1.82) is 0 Å². The van der Waals surface area contributed by atoms with Gasteiger partial charge in [0.1, 0.15) is 0 Å². The third-order valence-electron chi connectivity index (χ3n) is 17.3. The molecule has 0 N–H and O–H groups in total. The van der Waals surface area contributed by atoms with Crippen LogP contribution in [0.1, 0.15) is 0 Å². The SMILES string of the molecule is c1ccc(-c2cc(-c3ccc(-c4c(-c5ccccc5)cc(-c5ccccc5)c(-c5ccc(-c6cc(-c7ccccc7)nc(-c7ccccc7)n6)cc5)c4-n4c5ccccc5c5ccc(-c6ccccc6)c(-c6ccccc6)c54)cc3)nc(-c3ccccc3)n2)cc1. The maximum atomic E-state index is 5.31. The zero-order valence-corrected chi connectivity index (χ0v) is 49.6. The Morgan fingerprint density at radius 3 is 0.890 bits per heavy atom. The van der Waals surface area contributed by atoms with Crippen molar-refractivity contribution >= 4 is 21.8 Å². The quantitative estimate of drug-likeness (QED) is 0.115. The van der Waals surface area contributed by atoms with Gasteiger partial charge in [-0.3, -0.25) is 0 Å². The predicted octanol–water partition coefficient (Wildman–Crippen LogP) is 22.4. The fourth-order valence-electron chi connectivity index (χ4n) is 13.0. The smallest absolute Gasteiger partial charge is 0.160 e. The Labute approximate surface area is 529 Å². The average molecular weight is 1160 g/mol. The monoisotopic (exact) mass is 1160 g/mol. The minimum absolute atomic E-state index is 0.672. The van der Waals surface area contributed by atoms with E-state index in [0.717, 1.165) is 150 Å². The van der Waals surface area contributed by atoms with Gasteiger partial charge >= 0.3 is 0 Å². The largest absolute Gasteiger partial charge is 0.307 e. The summed E-state index contributed by atoms with van der Waals surface area (Å²) in [5, 5.41) is 2.31. The highest BCUT2D eigenvalue weighted by molar-refractivity contribution is 6.18. The van der Waals surface area contributed by atoms with Gasteiger partial charge in [-0.25, -0.2) is 19.9 Å². The van der Waals surface area contributed by atoms with Crippen LogP contribution < -0.4 is 0 Å². The van der Waals surface area contributed by atoms with Gasteiger partial charge in [-0.15, -0.1) is 0 Å². The number of para-hydroxylation sites is 1. The second-order valence-corrected chi connectivity index (χ2v) is 22.8. The topological polar surface area (TPSA) is 56.5 Å². The summed E-state index contributed by atoms with van der Waals surface area (Å²) < 4.78 is 2.61. The van der Waals surface area contributed by atoms with Gasteiger partial charge in [0.05, 0.1) is 39.5 Å². The maximum Gasteiger partial charge on any atom is 0.160 e. The van der Waals surface area contributed by atoms with Crippen molar-refractivity contribution in [3.05, 3.63) is 346 Å². The molecule has 0 amide bonds. The van der Waals surface area contributed by atoms with Crippen molar-refractivity contribution in [2.75, 3.05) is 0 Å². The van der Waals surface area contributed by atoms with Gasteiger partial charge in [0.15, 0.2) is 11.6 Å². The molecule has 0 unspecified atom stereocenters. The van der Waals surface area contributed by atoms with Gasteiger partial charge in [0.2, 0.25) is 0 Å². The molecule has 0 aliphatic carbocycles. The van der Waals surface area contributed by atoms with Crippen LogP contribution in [-0.4, -0.2) is 24.5 Å². The fourth-order valence-corrected chi connectivity index (χ4v) is 13.0. The molecule has 5 nitrogen and oxygen atoms in total. The minimum Gasteiger partial charge on any atom is -0.307 e. The molecule has 0 aliphatic rings. The summed E-state index contributed by atoms with van der Waals surface area (Å²) >= 11 is 0. The van der Waals surface area contributed by atoms with Crippen molar-refractivity contribution in [3.8, 4) is 140 Å². The van der Waals surface area contributed by atoms with E-state index in [1.165, 1.54) is 0 Å². The van der Waals surface area contributed by atoms with E-state index in [-0.39, 0.29) is 0 Å². The molecule has 0 spiro atoms. The molecule has 0 fully saturated rings. The van der Waals surface area contributed by atoms with Crippen LogP contribution in [-0.2, 0) is 0 Å². The molecule has 3 aromatic heterocycles. The van der Waals surface area contributed by atoms with Gasteiger partial charge in [0, 0.05) is 60.8 Å². The average Bonchev–Trinajstić information content (AvgIpc) is 1.63. The molecule has 16 aromatic rings. The van der Waals surface area contributed by atoms with Crippen LogP contribution in [0, 0.1) is 0 Å². The Kier molecular flexibility index (Phi) is 14.2. The van der Waals surface area contributed by atoms with Gasteiger partial charge in [0.25, 0.3) is 0 Å². The van der Waals surface area contributed by atoms with E-state index >= 15 is 0 Å². The highest BCUT2D eigenvalue weighted by Gasteiger charge is 2.29. The second-order valence-electron chi connectivity index (χ2n) is 22.8. The fraction of sp³-hybridized carbons (Fsp3) is 0. The Bertz CT molecular complexity index is 4910. The summed E-state index contributed by atoms with van der Waals surface area (Å²) in [4.78, 5) is 20.9. The van der Waals surface area contributed by atoms with Crippen LogP contribution in [0.4, 0.5) is 0 Å². The highest BCUT2D eigenvalue weighted by Crippen LogP contribution is 2.52. The van der Waals surface area contributed by atoms with Crippen molar-refractivity contribution in [2.24, 2.45) is 0 Å². The Morgan fingerprint density at radius 2 is 0.495 bits per heavy atom. The van der Waals surface area contributed by atoms with E-state index in [4.69, 9.17) is 19.9 Å². The van der Waals surface area contributed by atoms with Crippen LogP contribution in [0.5, 0.6) is 0 Å². The number of nitrogens with zero attached hydrogens (tertiary/aromatic N) is 5. The molecule has 0 aliphatic heterocycles. The van der Waals surface area contributed by atoms with Gasteiger partial charge < -0.3 is 4.57 Å². The van der Waals surface area contributed by atoms with Crippen molar-refractivity contribution in [1.82, 2.24) is 24.5 Å². The third kappa shape index (κ3) is 10.4. The normalized spacial score (nSPS) is 11.3. The summed E-state index contributed by atoms with van der Waals surface area (Å²) in [6.45, 7) is 0. The minimum atomic E-state index is 0.672. The van der Waals surface area contributed by atoms with Crippen LogP contribution in [0.25, 0.3) is 162 Å². The Balaban J connectivity index is 1.02. The number of hydrogen-bond donors (Lipinski definition) is 0. The standard InChI is InChI=1S/C86H57N5/c1-9-27-58(28-10-1)70-53-54-72-71-43-25-26-44-79(71)91(83(72)80(70)65-37-19-6-20-38-65)84-81(66-49-45-63(46-50-66)77-56-75(61-33-15-4-16-34-61)87-85(89-77)68-39-21-7-22-40-68)73(59-29-11-2-12-30-59)55-74(60-31-13-3-14-32-60)82(84)67-51-47-64(48-52-67)78-57-76(62-35-17-5-18-36-62)88-86(90-78)69-41-23-8-24-42-69/h1-57H. The molecule has 5 heteroatoms. The molecular formula is C86H57N5. The van der Waals surface area contributed by atoms with E-state index in [2.05, 4.69) is 302 Å². The van der Waals surface area contributed by atoms with E-state index < -0.39 is 0 Å². The molecule has 91 heavy (non-hydrogen) atoms. The Morgan fingerprint density at radius 1 is 0.198 bits per heavy atom. The molecule has 0 atom stereocenters. The number of benzene rings is 13. The molecule has 0 saturated carbocycles. The summed E-state index contributed by atoms with van der Waals surface area (Å²) in [5.41, 5.74) is 25.7. The first-order valence-corrected chi connectivity index (χ1v) is 30.9. The number of rotatable bonds is 13. The number of hydrogen-bond acceptors (Lipinski definition) is 4. The lowest BCUT2D eigenvalue weighted by Gasteiger charge is -2.27. The summed E-state index contributed by atoms with van der Waals surface area (Å²) in [6, 6.07) is 123. The summed E-state index contributed by atoms with van der Waals surface area (Å²) in [6.07, 6.45) is 0. The van der Waals surface area contributed by atoms with Gasteiger partial charge in [-0.2, -0.15) is 0 Å². The molecule has 426 valence electrons. The Hall–Kier alpha value is -12.2. The van der Waals surface area contributed by atoms with Crippen LogP contribution in [0.2, 0.25) is 0 Å². The highest BCUT2D eigenvalue weighted by atomic mass is 15.0. The first-order valence-electron chi connectivity index (χ1n) is 30.9. The lowest BCUT2D eigenvalue weighted by Crippen LogP contribution is -2.06. The summed E-state index contributed by atoms with van der Waals surface area (Å²) in [5.74, 6) is 1.34. The second kappa shape index (κ2) is 23.8. The van der Waals surface area contributed by atoms with E-state index in [0.29, 0.717) is 11.6 Å². The van der Waals surface area contributed by atoms with Crippen molar-refractivity contribution < 1.29 is 0 Å². The zero-order chi connectivity index (χ0) is 60.5. The molecule has 3 heterocycles. The molecule has 0 bridgehead atoms. The summed E-state index contributed by atoms with van der Waals surface area (Å²) in [7, 11) is 0. The first kappa shape index (κ1) is 54.2. The number of fused-ring (bicyclic) bond motifs is 3. The zero-order valence-electron chi connectivity index (χ0n) is 49.6. The van der Waals surface area contributed by atoms with Crippen LogP contribution in [0.15, 0.2) is 346 Å². The number of aromatic nitrogens is 5. The van der Waals surface area contributed by atoms with E-state index in [1.807, 2.05) is 48.5 Å². The van der Waals surface area contributed by atoms with E-state index in [9.17, 15) is 0 Å². The lowest BCUT2D eigenvalue weighted by molar-refractivity contribution is 1.18. The van der Waals surface area contributed by atoms with Gasteiger partial charge in [-0.1, -0.05) is 322 Å². The van der Waals surface area contributed by atoms with E-state index in [1.54, 1.807) is 0 Å². The van der Waals surface area contributed by atoms with Crippen LogP contribution >= 0.6 is 0 Å². The molecule has 16 rings (SSSR count). The molecular weight excluding hydrogens is 1100 g/mol. The molecule has 0 radical (unpaired) electrons. The third-order valence-corrected chi connectivity index (χ3v) is 17.3. The van der Waals surface area contributed by atoms with Crippen molar-refractivity contribution in [3.63, 3.8) is 0 Å².